The third-order valence-corrected chi connectivity index (χ3v) is 5.43. The molecule has 2 amide bonds. The van der Waals surface area contributed by atoms with Crippen LogP contribution in [0, 0.1) is 5.41 Å². The minimum Gasteiger partial charge on any atom is -0.481 e. The van der Waals surface area contributed by atoms with E-state index in [2.05, 4.69) is 10.6 Å². The molecule has 0 spiro atoms. The Kier molecular flexibility index (Phi) is 7.65. The molecule has 0 aliphatic rings. The van der Waals surface area contributed by atoms with Crippen molar-refractivity contribution in [1.82, 2.24) is 14.9 Å². The molecule has 3 N–H and O–H groups in total. The largest absolute Gasteiger partial charge is 0.481 e. The van der Waals surface area contributed by atoms with Crippen LogP contribution < -0.4 is 10.6 Å². The molecule has 0 aromatic heterocycles. The van der Waals surface area contributed by atoms with Crippen LogP contribution in [0.3, 0.4) is 0 Å². The molecule has 0 heterocycles. The van der Waals surface area contributed by atoms with Gasteiger partial charge in [-0.2, -0.15) is 0 Å². The van der Waals surface area contributed by atoms with Crippen LogP contribution in [0.4, 0.5) is 4.79 Å². The molecule has 0 fully saturated rings. The van der Waals surface area contributed by atoms with E-state index in [4.69, 9.17) is 0 Å². The first-order chi connectivity index (χ1) is 9.61. The van der Waals surface area contributed by atoms with Crippen LogP contribution in [0.15, 0.2) is 0 Å². The summed E-state index contributed by atoms with van der Waals surface area (Å²) in [5.74, 6) is -1.16. The van der Waals surface area contributed by atoms with E-state index in [0.29, 0.717) is 12.8 Å². The van der Waals surface area contributed by atoms with Gasteiger partial charge in [-0.15, -0.1) is 0 Å². The SMILES string of the molecule is CCC(CC)(CNC(=O)NCCS(=O)(=O)N(C)C)C(=O)O. The molecular formula is C12H25N3O5S. The van der Waals surface area contributed by atoms with Crippen molar-refractivity contribution >= 4 is 22.0 Å². The summed E-state index contributed by atoms with van der Waals surface area (Å²) in [5.41, 5.74) is -0.993. The average Bonchev–Trinajstić information content (AvgIpc) is 2.39. The van der Waals surface area contributed by atoms with E-state index in [9.17, 15) is 23.1 Å². The number of hydrogen-bond donors (Lipinski definition) is 3. The molecule has 21 heavy (non-hydrogen) atoms. The molecule has 0 saturated heterocycles. The number of nitrogens with one attached hydrogen (secondary N) is 2. The number of aliphatic carboxylic acids is 1. The van der Waals surface area contributed by atoms with Crippen LogP contribution in [0.2, 0.25) is 0 Å². The predicted molar refractivity (Wildman–Crippen MR) is 79.5 cm³/mol. The second kappa shape index (κ2) is 8.18. The highest BCUT2D eigenvalue weighted by atomic mass is 32.2. The maximum Gasteiger partial charge on any atom is 0.314 e. The Balaban J connectivity index is 4.31. The second-order valence-corrected chi connectivity index (χ2v) is 7.30. The zero-order chi connectivity index (χ0) is 16.7. The van der Waals surface area contributed by atoms with Crippen LogP contribution in [0.5, 0.6) is 0 Å². The highest BCUT2D eigenvalue weighted by molar-refractivity contribution is 7.89. The lowest BCUT2D eigenvalue weighted by atomic mass is 9.82. The van der Waals surface area contributed by atoms with E-state index in [1.54, 1.807) is 13.8 Å². The first-order valence-electron chi connectivity index (χ1n) is 6.76. The van der Waals surface area contributed by atoms with E-state index in [0.717, 1.165) is 4.31 Å². The fourth-order valence-electron chi connectivity index (χ4n) is 1.67. The minimum atomic E-state index is -3.36. The second-order valence-electron chi connectivity index (χ2n) is 5.00. The van der Waals surface area contributed by atoms with Gasteiger partial charge in [0.1, 0.15) is 0 Å². The maximum atomic E-state index is 11.6. The van der Waals surface area contributed by atoms with Crippen molar-refractivity contribution in [2.75, 3.05) is 32.9 Å². The van der Waals surface area contributed by atoms with Crippen molar-refractivity contribution in [3.63, 3.8) is 0 Å². The average molecular weight is 323 g/mol. The van der Waals surface area contributed by atoms with Gasteiger partial charge in [-0.3, -0.25) is 4.79 Å². The van der Waals surface area contributed by atoms with Gasteiger partial charge in [0.25, 0.3) is 0 Å². The van der Waals surface area contributed by atoms with E-state index in [1.165, 1.54) is 14.1 Å². The van der Waals surface area contributed by atoms with Crippen molar-refractivity contribution in [3.05, 3.63) is 0 Å². The van der Waals surface area contributed by atoms with E-state index in [1.807, 2.05) is 0 Å². The molecule has 124 valence electrons. The Hall–Kier alpha value is -1.35. The lowest BCUT2D eigenvalue weighted by molar-refractivity contribution is -0.149. The smallest absolute Gasteiger partial charge is 0.314 e. The Bertz CT molecular complexity index is 458. The fourth-order valence-corrected chi connectivity index (χ4v) is 2.39. The summed E-state index contributed by atoms with van der Waals surface area (Å²) in [5, 5.41) is 14.1. The molecule has 0 saturated carbocycles. The van der Waals surface area contributed by atoms with Crippen LogP contribution in [-0.2, 0) is 14.8 Å². The third kappa shape index (κ3) is 5.88. The lowest BCUT2D eigenvalue weighted by Gasteiger charge is -2.26. The van der Waals surface area contributed by atoms with Crippen molar-refractivity contribution in [2.45, 2.75) is 26.7 Å². The van der Waals surface area contributed by atoms with Gasteiger partial charge in [0, 0.05) is 27.2 Å². The third-order valence-electron chi connectivity index (χ3n) is 3.60. The molecule has 0 aromatic rings. The molecule has 0 atom stereocenters. The van der Waals surface area contributed by atoms with Crippen LogP contribution >= 0.6 is 0 Å². The van der Waals surface area contributed by atoms with E-state index >= 15 is 0 Å². The number of carboxylic acid groups (broad SMARTS) is 1. The van der Waals surface area contributed by atoms with Gasteiger partial charge in [0.05, 0.1) is 11.2 Å². The van der Waals surface area contributed by atoms with Gasteiger partial charge < -0.3 is 15.7 Å². The lowest BCUT2D eigenvalue weighted by Crippen LogP contribution is -2.46. The number of sulfonamides is 1. The normalized spacial score (nSPS) is 12.2. The summed E-state index contributed by atoms with van der Waals surface area (Å²) in [6.07, 6.45) is 0.794. The van der Waals surface area contributed by atoms with E-state index in [-0.39, 0.29) is 18.8 Å². The number of urea groups is 1. The van der Waals surface area contributed by atoms with Crippen molar-refractivity contribution in [3.8, 4) is 0 Å². The number of nitrogens with zero attached hydrogens (tertiary/aromatic N) is 1. The molecule has 0 unspecified atom stereocenters. The Morgan fingerprint density at radius 1 is 1.14 bits per heavy atom. The molecule has 8 nitrogen and oxygen atoms in total. The molecule has 0 aromatic carbocycles. The molecule has 0 aliphatic heterocycles. The monoisotopic (exact) mass is 323 g/mol. The highest BCUT2D eigenvalue weighted by Crippen LogP contribution is 2.25. The van der Waals surface area contributed by atoms with Gasteiger partial charge in [0.2, 0.25) is 10.0 Å². The van der Waals surface area contributed by atoms with Gasteiger partial charge in [-0.05, 0) is 12.8 Å². The maximum absolute atomic E-state index is 11.6. The summed E-state index contributed by atoms with van der Waals surface area (Å²) >= 11 is 0. The summed E-state index contributed by atoms with van der Waals surface area (Å²) in [7, 11) is -0.532. The molecular weight excluding hydrogens is 298 g/mol. The summed E-state index contributed by atoms with van der Waals surface area (Å²) in [6, 6.07) is -0.573. The van der Waals surface area contributed by atoms with Crippen molar-refractivity contribution < 1.29 is 23.1 Å². The molecule has 0 aliphatic carbocycles. The number of carboxylic acids is 1. The Labute approximate surface area is 125 Å². The summed E-state index contributed by atoms with van der Waals surface area (Å²) < 4.78 is 24.1. The Morgan fingerprint density at radius 2 is 1.67 bits per heavy atom. The zero-order valence-corrected chi connectivity index (χ0v) is 13.8. The number of carbonyl (C=O) groups excluding carboxylic acids is 1. The van der Waals surface area contributed by atoms with Crippen LogP contribution in [0.25, 0.3) is 0 Å². The van der Waals surface area contributed by atoms with E-state index < -0.39 is 27.4 Å². The zero-order valence-electron chi connectivity index (χ0n) is 13.0. The standard InChI is InChI=1S/C12H25N3O5S/c1-5-12(6-2,10(16)17)9-14-11(18)13-7-8-21(19,20)15(3)4/h5-9H2,1-4H3,(H,16,17)(H2,13,14,18). The summed E-state index contributed by atoms with van der Waals surface area (Å²) in [6.45, 7) is 3.47. The molecule has 9 heteroatoms. The number of amides is 2. The van der Waals surface area contributed by atoms with Gasteiger partial charge in [0.15, 0.2) is 0 Å². The van der Waals surface area contributed by atoms with Crippen molar-refractivity contribution in [2.24, 2.45) is 5.41 Å². The van der Waals surface area contributed by atoms with Crippen LogP contribution in [-0.4, -0.2) is 62.8 Å². The Morgan fingerprint density at radius 3 is 2.05 bits per heavy atom. The van der Waals surface area contributed by atoms with Gasteiger partial charge in [-0.25, -0.2) is 17.5 Å². The number of rotatable bonds is 9. The molecule has 0 rings (SSSR count). The van der Waals surface area contributed by atoms with Gasteiger partial charge in [-0.1, -0.05) is 13.8 Å². The van der Waals surface area contributed by atoms with Crippen LogP contribution in [0.1, 0.15) is 26.7 Å². The number of carbonyl (C=O) groups is 2. The summed E-state index contributed by atoms with van der Waals surface area (Å²) in [4.78, 5) is 22.8. The minimum absolute atomic E-state index is 0.00158. The molecule has 0 bridgehead atoms. The molecule has 0 radical (unpaired) electrons. The van der Waals surface area contributed by atoms with Gasteiger partial charge >= 0.3 is 12.0 Å². The first kappa shape index (κ1) is 19.7. The number of hydrogen-bond acceptors (Lipinski definition) is 4. The highest BCUT2D eigenvalue weighted by Gasteiger charge is 2.35. The predicted octanol–water partition coefficient (Wildman–Crippen LogP) is 0.0680. The topological polar surface area (TPSA) is 116 Å². The first-order valence-corrected chi connectivity index (χ1v) is 8.37. The van der Waals surface area contributed by atoms with Crippen molar-refractivity contribution in [1.29, 1.82) is 0 Å². The quantitative estimate of drug-likeness (QED) is 0.555. The fraction of sp³-hybridized carbons (Fsp3) is 0.833.